The Hall–Kier alpha value is -2.02. The highest BCUT2D eigenvalue weighted by atomic mass is 35.5. The van der Waals surface area contributed by atoms with E-state index < -0.39 is 11.7 Å². The molecule has 0 bridgehead atoms. The molecule has 0 aliphatic heterocycles. The second-order valence-corrected chi connectivity index (χ2v) is 6.59. The van der Waals surface area contributed by atoms with Crippen molar-refractivity contribution in [1.29, 1.82) is 0 Å². The molecule has 2 aromatic rings. The standard InChI is InChI=1S/C17H18ClF3N4/c1-10-8-15(25-16(22-10)23-12-4-2-3-5-12)24-14-7-6-11(18)9-13(14)17(19,20)21/h6-9,12H,2-5H2,1H3,(H2,22,23,24,25). The van der Waals surface area contributed by atoms with Crippen molar-refractivity contribution in [1.82, 2.24) is 9.97 Å². The van der Waals surface area contributed by atoms with E-state index in [4.69, 9.17) is 11.6 Å². The summed E-state index contributed by atoms with van der Waals surface area (Å²) < 4.78 is 39.6. The molecular weight excluding hydrogens is 353 g/mol. The van der Waals surface area contributed by atoms with E-state index in [9.17, 15) is 13.2 Å². The van der Waals surface area contributed by atoms with Crippen molar-refractivity contribution >= 4 is 29.1 Å². The molecular formula is C17H18ClF3N4. The van der Waals surface area contributed by atoms with E-state index in [1.807, 2.05) is 0 Å². The van der Waals surface area contributed by atoms with Gasteiger partial charge in [0.15, 0.2) is 0 Å². The van der Waals surface area contributed by atoms with Crippen LogP contribution < -0.4 is 10.6 Å². The van der Waals surface area contributed by atoms with E-state index in [-0.39, 0.29) is 10.7 Å². The van der Waals surface area contributed by atoms with Crippen molar-refractivity contribution in [3.05, 3.63) is 40.5 Å². The van der Waals surface area contributed by atoms with Crippen LogP contribution in [0.1, 0.15) is 36.9 Å². The first-order valence-electron chi connectivity index (χ1n) is 8.07. The summed E-state index contributed by atoms with van der Waals surface area (Å²) in [6, 6.07) is 5.53. The fourth-order valence-electron chi connectivity index (χ4n) is 2.95. The lowest BCUT2D eigenvalue weighted by atomic mass is 10.1. The first-order valence-corrected chi connectivity index (χ1v) is 8.45. The van der Waals surface area contributed by atoms with Gasteiger partial charge in [-0.05, 0) is 38.0 Å². The van der Waals surface area contributed by atoms with Gasteiger partial charge in [0.05, 0.1) is 11.3 Å². The molecule has 0 amide bonds. The summed E-state index contributed by atoms with van der Waals surface area (Å²) in [5.74, 6) is 0.734. The van der Waals surface area contributed by atoms with E-state index in [1.165, 1.54) is 12.1 Å². The number of hydrogen-bond acceptors (Lipinski definition) is 4. The quantitative estimate of drug-likeness (QED) is 0.740. The smallest absolute Gasteiger partial charge is 0.351 e. The second-order valence-electron chi connectivity index (χ2n) is 6.16. The normalized spacial score (nSPS) is 15.4. The average Bonchev–Trinajstić information content (AvgIpc) is 3.00. The Bertz CT molecular complexity index is 758. The third-order valence-corrected chi connectivity index (χ3v) is 4.33. The highest BCUT2D eigenvalue weighted by molar-refractivity contribution is 6.30. The molecule has 1 aliphatic carbocycles. The monoisotopic (exact) mass is 370 g/mol. The van der Waals surface area contributed by atoms with Crippen LogP contribution in [0.25, 0.3) is 0 Å². The van der Waals surface area contributed by atoms with Gasteiger partial charge in [0.2, 0.25) is 5.95 Å². The van der Waals surface area contributed by atoms with Gasteiger partial charge in [-0.25, -0.2) is 4.98 Å². The molecule has 0 atom stereocenters. The molecule has 3 rings (SSSR count). The minimum atomic E-state index is -4.51. The van der Waals surface area contributed by atoms with E-state index in [0.29, 0.717) is 23.5 Å². The van der Waals surface area contributed by atoms with Gasteiger partial charge in [-0.15, -0.1) is 0 Å². The molecule has 1 aromatic carbocycles. The summed E-state index contributed by atoms with van der Waals surface area (Å²) >= 11 is 5.71. The predicted octanol–water partition coefficient (Wildman–Crippen LogP) is 5.56. The minimum Gasteiger partial charge on any atom is -0.351 e. The van der Waals surface area contributed by atoms with Gasteiger partial charge in [-0.3, -0.25) is 0 Å². The van der Waals surface area contributed by atoms with Crippen LogP contribution in [0.3, 0.4) is 0 Å². The number of rotatable bonds is 4. The van der Waals surface area contributed by atoms with Crippen molar-refractivity contribution in [3.8, 4) is 0 Å². The van der Waals surface area contributed by atoms with Gasteiger partial charge < -0.3 is 10.6 Å². The van der Waals surface area contributed by atoms with E-state index >= 15 is 0 Å². The Morgan fingerprint density at radius 2 is 1.84 bits per heavy atom. The van der Waals surface area contributed by atoms with Crippen molar-refractivity contribution in [2.24, 2.45) is 0 Å². The maximum absolute atomic E-state index is 13.2. The highest BCUT2D eigenvalue weighted by Gasteiger charge is 2.34. The molecule has 8 heteroatoms. The number of halogens is 4. The SMILES string of the molecule is Cc1cc(Nc2ccc(Cl)cc2C(F)(F)F)nc(NC2CCCC2)n1. The zero-order valence-electron chi connectivity index (χ0n) is 13.6. The Kier molecular flexibility index (Phi) is 5.03. The van der Waals surface area contributed by atoms with Gasteiger partial charge in [-0.1, -0.05) is 24.4 Å². The van der Waals surface area contributed by atoms with E-state index in [2.05, 4.69) is 20.6 Å². The number of alkyl halides is 3. The molecule has 4 nitrogen and oxygen atoms in total. The van der Waals surface area contributed by atoms with Crippen LogP contribution in [0.5, 0.6) is 0 Å². The molecule has 0 radical (unpaired) electrons. The van der Waals surface area contributed by atoms with Crippen LogP contribution in [0.15, 0.2) is 24.3 Å². The summed E-state index contributed by atoms with van der Waals surface area (Å²) in [7, 11) is 0. The minimum absolute atomic E-state index is 0.0281. The van der Waals surface area contributed by atoms with Crippen molar-refractivity contribution in [2.75, 3.05) is 10.6 Å². The number of benzene rings is 1. The van der Waals surface area contributed by atoms with Crippen LogP contribution in [-0.2, 0) is 6.18 Å². The Balaban J connectivity index is 1.86. The molecule has 2 N–H and O–H groups in total. The maximum atomic E-state index is 13.2. The molecule has 134 valence electrons. The summed E-state index contributed by atoms with van der Waals surface area (Å²) in [6.07, 6.45) is -0.0895. The van der Waals surface area contributed by atoms with Gasteiger partial charge in [0.25, 0.3) is 0 Å². The summed E-state index contributed by atoms with van der Waals surface area (Å²) in [6.45, 7) is 1.78. The molecule has 1 aromatic heterocycles. The average molecular weight is 371 g/mol. The third kappa shape index (κ3) is 4.54. The number of nitrogens with one attached hydrogen (secondary N) is 2. The molecule has 1 saturated carbocycles. The first-order chi connectivity index (χ1) is 11.8. The summed E-state index contributed by atoms with van der Waals surface area (Å²) in [4.78, 5) is 8.62. The molecule has 0 unspecified atom stereocenters. The molecule has 1 aliphatic rings. The highest BCUT2D eigenvalue weighted by Crippen LogP contribution is 2.37. The number of hydrogen-bond donors (Lipinski definition) is 2. The van der Waals surface area contributed by atoms with Gasteiger partial charge in [-0.2, -0.15) is 18.2 Å². The van der Waals surface area contributed by atoms with Crippen molar-refractivity contribution < 1.29 is 13.2 Å². The van der Waals surface area contributed by atoms with Crippen LogP contribution in [-0.4, -0.2) is 16.0 Å². The summed E-state index contributed by atoms with van der Waals surface area (Å²) in [5.41, 5.74) is -0.260. The maximum Gasteiger partial charge on any atom is 0.418 e. The second kappa shape index (κ2) is 7.07. The lowest BCUT2D eigenvalue weighted by molar-refractivity contribution is -0.136. The Labute approximate surface area is 148 Å². The molecule has 0 spiro atoms. The fourth-order valence-corrected chi connectivity index (χ4v) is 3.12. The van der Waals surface area contributed by atoms with Crippen LogP contribution in [0.4, 0.5) is 30.6 Å². The van der Waals surface area contributed by atoms with Gasteiger partial charge in [0.1, 0.15) is 5.82 Å². The first kappa shape index (κ1) is 17.8. The van der Waals surface area contributed by atoms with Crippen molar-refractivity contribution in [3.63, 3.8) is 0 Å². The largest absolute Gasteiger partial charge is 0.418 e. The Morgan fingerprint density at radius 1 is 1.12 bits per heavy atom. The number of nitrogens with zero attached hydrogens (tertiary/aromatic N) is 2. The number of anilines is 3. The van der Waals surface area contributed by atoms with Crippen LogP contribution >= 0.6 is 11.6 Å². The van der Waals surface area contributed by atoms with E-state index in [0.717, 1.165) is 31.7 Å². The number of aromatic nitrogens is 2. The van der Waals surface area contributed by atoms with Gasteiger partial charge in [0, 0.05) is 22.8 Å². The fraction of sp³-hybridized carbons (Fsp3) is 0.412. The molecule has 1 fully saturated rings. The summed E-state index contributed by atoms with van der Waals surface area (Å²) in [5, 5.41) is 6.03. The molecule has 25 heavy (non-hydrogen) atoms. The molecule has 1 heterocycles. The van der Waals surface area contributed by atoms with E-state index in [1.54, 1.807) is 13.0 Å². The number of aryl methyl sites for hydroxylation is 1. The Morgan fingerprint density at radius 3 is 2.52 bits per heavy atom. The lowest BCUT2D eigenvalue weighted by Gasteiger charge is -2.16. The van der Waals surface area contributed by atoms with Crippen LogP contribution in [0, 0.1) is 6.92 Å². The zero-order chi connectivity index (χ0) is 18.0. The van der Waals surface area contributed by atoms with Crippen LogP contribution in [0.2, 0.25) is 5.02 Å². The zero-order valence-corrected chi connectivity index (χ0v) is 14.4. The molecule has 0 saturated heterocycles. The van der Waals surface area contributed by atoms with Gasteiger partial charge >= 0.3 is 6.18 Å². The third-order valence-electron chi connectivity index (χ3n) is 4.09. The lowest BCUT2D eigenvalue weighted by Crippen LogP contribution is -2.17. The topological polar surface area (TPSA) is 49.8 Å². The van der Waals surface area contributed by atoms with Crippen molar-refractivity contribution in [2.45, 2.75) is 44.8 Å². The predicted molar refractivity (Wildman–Crippen MR) is 92.4 cm³/mol.